The van der Waals surface area contributed by atoms with Gasteiger partial charge in [0, 0.05) is 6.21 Å². The van der Waals surface area contributed by atoms with Gasteiger partial charge in [-0.2, -0.15) is 4.98 Å². The smallest absolute Gasteiger partial charge is 0.497 e. The van der Waals surface area contributed by atoms with E-state index in [0.717, 1.165) is 6.20 Å². The Hall–Kier alpha value is -3.03. The number of hydrogen-bond acceptors (Lipinski definition) is 7. The van der Waals surface area contributed by atoms with Gasteiger partial charge in [0.15, 0.2) is 11.6 Å². The minimum Gasteiger partial charge on any atom is -0.497 e. The highest BCUT2D eigenvalue weighted by Crippen LogP contribution is 2.19. The Kier molecular flexibility index (Phi) is 4.97. The lowest BCUT2D eigenvalue weighted by atomic mass is 10.3. The van der Waals surface area contributed by atoms with Crippen LogP contribution in [0.5, 0.6) is 17.5 Å². The van der Waals surface area contributed by atoms with Gasteiger partial charge < -0.3 is 14.2 Å². The quantitative estimate of drug-likeness (QED) is 0.490. The van der Waals surface area contributed by atoms with E-state index < -0.39 is 12.0 Å². The van der Waals surface area contributed by atoms with Crippen LogP contribution in [-0.2, 0) is 0 Å². The molecule has 0 aliphatic rings. The number of carbonyl (C=O) groups excluding carboxylic acids is 1. The Bertz CT molecular complexity index is 689. The molecule has 0 bridgehead atoms. The number of carbonyl (C=O) groups is 1. The highest BCUT2D eigenvalue weighted by Gasteiger charge is 2.13. The predicted molar refractivity (Wildman–Crippen MR) is 75.5 cm³/mol. The van der Waals surface area contributed by atoms with E-state index in [1.54, 1.807) is 19.1 Å². The lowest BCUT2D eigenvalue weighted by molar-refractivity contribution is 0.147. The van der Waals surface area contributed by atoms with Crippen molar-refractivity contribution in [2.75, 3.05) is 7.11 Å². The fourth-order valence-corrected chi connectivity index (χ4v) is 1.44. The van der Waals surface area contributed by atoms with Crippen molar-refractivity contribution in [3.05, 3.63) is 36.3 Å². The van der Waals surface area contributed by atoms with E-state index in [9.17, 15) is 9.18 Å². The van der Waals surface area contributed by atoms with Crippen molar-refractivity contribution in [1.29, 1.82) is 0 Å². The van der Waals surface area contributed by atoms with E-state index in [4.69, 9.17) is 14.2 Å². The first-order chi connectivity index (χ1) is 10.6. The average Bonchev–Trinajstić information content (AvgIpc) is 2.51. The van der Waals surface area contributed by atoms with E-state index in [2.05, 4.69) is 15.0 Å². The molecule has 7 nitrogen and oxygen atoms in total. The lowest BCUT2D eigenvalue weighted by Crippen LogP contribution is -2.15. The summed E-state index contributed by atoms with van der Waals surface area (Å²) in [6.45, 7) is 1.60. The maximum absolute atomic E-state index is 13.3. The number of ether oxygens (including phenoxy) is 3. The van der Waals surface area contributed by atoms with E-state index in [0.29, 0.717) is 5.75 Å². The minimum atomic E-state index is -1.05. The Morgan fingerprint density at radius 1 is 1.23 bits per heavy atom. The van der Waals surface area contributed by atoms with Crippen LogP contribution < -0.4 is 14.2 Å². The normalized spacial score (nSPS) is 10.5. The first-order valence-corrected chi connectivity index (χ1v) is 6.17. The zero-order chi connectivity index (χ0) is 15.9. The highest BCUT2D eigenvalue weighted by molar-refractivity contribution is 5.66. The predicted octanol–water partition coefficient (Wildman–Crippen LogP) is 2.92. The van der Waals surface area contributed by atoms with Crippen molar-refractivity contribution in [3.63, 3.8) is 0 Å². The number of halogens is 1. The molecule has 0 N–H and O–H groups in total. The van der Waals surface area contributed by atoms with Gasteiger partial charge in [0.2, 0.25) is 0 Å². The molecule has 0 saturated carbocycles. The van der Waals surface area contributed by atoms with Gasteiger partial charge in [-0.25, -0.2) is 19.2 Å². The molecule has 0 unspecified atom stereocenters. The standard InChI is InChI=1S/C14H12FN3O4/c1-3-16-12-11(15)8-17-13(18-12)22-14(19)21-10-6-4-9(20-2)5-7-10/h3-8H,1-2H3. The van der Waals surface area contributed by atoms with Crippen molar-refractivity contribution in [2.24, 2.45) is 4.99 Å². The number of aliphatic imine (C=N–C) groups is 1. The van der Waals surface area contributed by atoms with E-state index >= 15 is 0 Å². The van der Waals surface area contributed by atoms with Crippen molar-refractivity contribution in [3.8, 4) is 17.5 Å². The Morgan fingerprint density at radius 2 is 1.91 bits per heavy atom. The van der Waals surface area contributed by atoms with Gasteiger partial charge in [-0.05, 0) is 31.2 Å². The second kappa shape index (κ2) is 7.11. The molecule has 1 aromatic heterocycles. The summed E-state index contributed by atoms with van der Waals surface area (Å²) in [6.07, 6.45) is 1.15. The fraction of sp³-hybridized carbons (Fsp3) is 0.143. The number of methoxy groups -OCH3 is 1. The lowest BCUT2D eigenvalue weighted by Gasteiger charge is -2.05. The van der Waals surface area contributed by atoms with Crippen LogP contribution in [-0.4, -0.2) is 29.4 Å². The number of nitrogens with zero attached hydrogens (tertiary/aromatic N) is 3. The van der Waals surface area contributed by atoms with Crippen molar-refractivity contribution < 1.29 is 23.4 Å². The molecule has 2 aromatic rings. The van der Waals surface area contributed by atoms with Crippen LogP contribution in [0.15, 0.2) is 35.5 Å². The summed E-state index contributed by atoms with van der Waals surface area (Å²) in [5, 5.41) is 0. The minimum absolute atomic E-state index is 0.232. The van der Waals surface area contributed by atoms with Gasteiger partial charge in [-0.3, -0.25) is 0 Å². The number of rotatable bonds is 4. The number of hydrogen-bond donors (Lipinski definition) is 0. The average molecular weight is 305 g/mol. The van der Waals surface area contributed by atoms with Crippen LogP contribution in [0, 0.1) is 5.82 Å². The van der Waals surface area contributed by atoms with E-state index in [-0.39, 0.29) is 17.6 Å². The van der Waals surface area contributed by atoms with Crippen molar-refractivity contribution in [2.45, 2.75) is 6.92 Å². The van der Waals surface area contributed by atoms with E-state index in [1.165, 1.54) is 25.5 Å². The summed E-state index contributed by atoms with van der Waals surface area (Å²) in [7, 11) is 1.52. The van der Waals surface area contributed by atoms with E-state index in [1.807, 2.05) is 0 Å². The molecule has 8 heteroatoms. The molecule has 0 saturated heterocycles. The first-order valence-electron chi connectivity index (χ1n) is 6.17. The van der Waals surface area contributed by atoms with Gasteiger partial charge in [0.1, 0.15) is 11.5 Å². The van der Waals surface area contributed by atoms with Gasteiger partial charge in [-0.15, -0.1) is 0 Å². The molecule has 2 rings (SSSR count). The van der Waals surface area contributed by atoms with Crippen LogP contribution in [0.4, 0.5) is 15.0 Å². The summed E-state index contributed by atoms with van der Waals surface area (Å²) >= 11 is 0. The van der Waals surface area contributed by atoms with Gasteiger partial charge in [0.25, 0.3) is 0 Å². The molecule has 114 valence electrons. The number of aromatic nitrogens is 2. The van der Waals surface area contributed by atoms with Gasteiger partial charge in [-0.1, -0.05) is 0 Å². The molecule has 0 amide bonds. The van der Waals surface area contributed by atoms with Gasteiger partial charge >= 0.3 is 12.2 Å². The summed E-state index contributed by atoms with van der Waals surface area (Å²) < 4.78 is 27.9. The third kappa shape index (κ3) is 3.98. The van der Waals surface area contributed by atoms with Crippen LogP contribution in [0.3, 0.4) is 0 Å². The molecular formula is C14H12FN3O4. The molecule has 22 heavy (non-hydrogen) atoms. The first kappa shape index (κ1) is 15.4. The maximum Gasteiger partial charge on any atom is 0.521 e. The maximum atomic E-state index is 13.3. The molecule has 0 aliphatic carbocycles. The van der Waals surface area contributed by atoms with Crippen LogP contribution in [0.25, 0.3) is 0 Å². The SMILES string of the molecule is CC=Nc1nc(OC(=O)Oc2ccc(OC)cc2)ncc1F. The second-order valence-corrected chi connectivity index (χ2v) is 3.84. The van der Waals surface area contributed by atoms with Gasteiger partial charge in [0.05, 0.1) is 13.3 Å². The second-order valence-electron chi connectivity index (χ2n) is 3.84. The largest absolute Gasteiger partial charge is 0.521 e. The Labute approximate surface area is 125 Å². The monoisotopic (exact) mass is 305 g/mol. The summed E-state index contributed by atoms with van der Waals surface area (Å²) in [5.74, 6) is -0.0944. The molecule has 1 heterocycles. The Morgan fingerprint density at radius 3 is 2.55 bits per heavy atom. The summed E-state index contributed by atoms with van der Waals surface area (Å²) in [4.78, 5) is 22.5. The molecule has 0 radical (unpaired) electrons. The molecule has 1 aromatic carbocycles. The topological polar surface area (TPSA) is 82.9 Å². The van der Waals surface area contributed by atoms with Crippen LogP contribution in [0.1, 0.15) is 6.92 Å². The molecule has 0 aliphatic heterocycles. The zero-order valence-corrected chi connectivity index (χ0v) is 11.8. The fourth-order valence-electron chi connectivity index (χ4n) is 1.44. The van der Waals surface area contributed by atoms with Crippen molar-refractivity contribution >= 4 is 18.2 Å². The highest BCUT2D eigenvalue weighted by atomic mass is 19.1. The third-order valence-corrected chi connectivity index (χ3v) is 2.39. The third-order valence-electron chi connectivity index (χ3n) is 2.39. The van der Waals surface area contributed by atoms with Crippen molar-refractivity contribution in [1.82, 2.24) is 9.97 Å². The molecule has 0 spiro atoms. The van der Waals surface area contributed by atoms with Crippen LogP contribution in [0.2, 0.25) is 0 Å². The number of benzene rings is 1. The molecular weight excluding hydrogens is 293 g/mol. The van der Waals surface area contributed by atoms with Crippen LogP contribution >= 0.6 is 0 Å². The summed E-state index contributed by atoms with van der Waals surface area (Å²) in [6, 6.07) is 5.92. The molecule has 0 fully saturated rings. The zero-order valence-electron chi connectivity index (χ0n) is 11.8. The molecule has 0 atom stereocenters. The Balaban J connectivity index is 2.03. The summed E-state index contributed by atoms with van der Waals surface area (Å²) in [5.41, 5.74) is 0.